The minimum atomic E-state index is -0.899. The number of aromatic nitrogens is 2. The predicted molar refractivity (Wildman–Crippen MR) is 77.3 cm³/mol. The van der Waals surface area contributed by atoms with Crippen molar-refractivity contribution in [3.63, 3.8) is 0 Å². The van der Waals surface area contributed by atoms with Gasteiger partial charge in [0, 0.05) is 12.2 Å². The largest absolute Gasteiger partial charge is 0.481 e. The van der Waals surface area contributed by atoms with E-state index in [0.29, 0.717) is 21.7 Å². The molecule has 1 aromatic carbocycles. The van der Waals surface area contributed by atoms with E-state index in [1.165, 1.54) is 23.5 Å². The summed E-state index contributed by atoms with van der Waals surface area (Å²) < 4.78 is 13.8. The molecule has 0 unspecified atom stereocenters. The molecular weight excluding hydrogens is 301 g/mol. The second-order valence-electron chi connectivity index (χ2n) is 3.76. The Morgan fingerprint density at radius 2 is 2.30 bits per heavy atom. The lowest BCUT2D eigenvalue weighted by molar-refractivity contribution is -0.133. The van der Waals surface area contributed by atoms with Gasteiger partial charge < -0.3 is 10.0 Å². The van der Waals surface area contributed by atoms with Crippen LogP contribution in [0.3, 0.4) is 0 Å². The molecule has 1 heterocycles. The number of benzene rings is 1. The highest BCUT2D eigenvalue weighted by molar-refractivity contribution is 8.01. The summed E-state index contributed by atoms with van der Waals surface area (Å²) in [6, 6.07) is 6.23. The maximum Gasteiger partial charge on any atom is 0.313 e. The Bertz CT molecular complexity index is 606. The lowest BCUT2D eigenvalue weighted by Crippen LogP contribution is -2.15. The number of rotatable bonds is 6. The van der Waals surface area contributed by atoms with Crippen LogP contribution in [0.1, 0.15) is 6.92 Å². The predicted octanol–water partition coefficient (Wildman–Crippen LogP) is 3.01. The zero-order valence-electron chi connectivity index (χ0n) is 10.6. The first-order valence-corrected chi connectivity index (χ1v) is 7.61. The van der Waals surface area contributed by atoms with Crippen molar-refractivity contribution in [3.8, 4) is 0 Å². The van der Waals surface area contributed by atoms with Crippen LogP contribution in [0.25, 0.3) is 0 Å². The summed E-state index contributed by atoms with van der Waals surface area (Å²) in [7, 11) is 0. The van der Waals surface area contributed by atoms with Gasteiger partial charge >= 0.3 is 5.97 Å². The molecule has 0 radical (unpaired) electrons. The zero-order chi connectivity index (χ0) is 14.5. The van der Waals surface area contributed by atoms with Crippen molar-refractivity contribution in [1.29, 1.82) is 0 Å². The van der Waals surface area contributed by atoms with E-state index >= 15 is 0 Å². The van der Waals surface area contributed by atoms with Crippen molar-refractivity contribution < 1.29 is 14.3 Å². The molecule has 2 rings (SSSR count). The molecule has 1 N–H and O–H groups in total. The minimum Gasteiger partial charge on any atom is -0.481 e. The lowest BCUT2D eigenvalue weighted by Gasteiger charge is -2.18. The van der Waals surface area contributed by atoms with Crippen molar-refractivity contribution in [2.24, 2.45) is 0 Å². The van der Waals surface area contributed by atoms with Crippen LogP contribution >= 0.6 is 23.1 Å². The summed E-state index contributed by atoms with van der Waals surface area (Å²) in [5, 5.41) is 17.2. The fourth-order valence-corrected chi connectivity index (χ4v) is 3.21. The lowest BCUT2D eigenvalue weighted by atomic mass is 10.3. The fraction of sp³-hybridized carbons (Fsp3) is 0.250. The van der Waals surface area contributed by atoms with Crippen LogP contribution in [-0.4, -0.2) is 33.6 Å². The van der Waals surface area contributed by atoms with Crippen LogP contribution in [-0.2, 0) is 4.79 Å². The van der Waals surface area contributed by atoms with E-state index in [2.05, 4.69) is 10.2 Å². The van der Waals surface area contributed by atoms with Crippen LogP contribution in [0.5, 0.6) is 0 Å². The molecule has 0 atom stereocenters. The molecule has 0 spiro atoms. The van der Waals surface area contributed by atoms with E-state index in [1.807, 2.05) is 11.8 Å². The molecule has 20 heavy (non-hydrogen) atoms. The summed E-state index contributed by atoms with van der Waals surface area (Å²) in [6.07, 6.45) is 0. The van der Waals surface area contributed by atoms with Crippen molar-refractivity contribution in [1.82, 2.24) is 10.2 Å². The van der Waals surface area contributed by atoms with E-state index < -0.39 is 5.97 Å². The van der Waals surface area contributed by atoms with Crippen LogP contribution in [0.2, 0.25) is 0 Å². The van der Waals surface area contributed by atoms with Crippen LogP contribution in [0, 0.1) is 5.82 Å². The molecular formula is C12H12FN3O2S2. The molecule has 8 heteroatoms. The maximum absolute atomic E-state index is 13.3. The normalized spacial score (nSPS) is 10.5. The summed E-state index contributed by atoms with van der Waals surface area (Å²) in [5.41, 5.74) is 0.693. The van der Waals surface area contributed by atoms with Crippen molar-refractivity contribution in [2.45, 2.75) is 11.3 Å². The van der Waals surface area contributed by atoms with Gasteiger partial charge in [-0.1, -0.05) is 29.2 Å². The number of carboxylic acid groups (broad SMARTS) is 1. The number of halogens is 1. The Labute approximate surface area is 123 Å². The molecule has 0 aliphatic heterocycles. The average Bonchev–Trinajstić information content (AvgIpc) is 2.86. The number of carboxylic acids is 1. The highest BCUT2D eigenvalue weighted by Gasteiger charge is 2.14. The fourth-order valence-electron chi connectivity index (χ4n) is 1.57. The number of carbonyl (C=O) groups is 1. The number of hydrogen-bond donors (Lipinski definition) is 1. The van der Waals surface area contributed by atoms with E-state index in [4.69, 9.17) is 5.11 Å². The Morgan fingerprint density at radius 3 is 2.95 bits per heavy atom. The van der Waals surface area contributed by atoms with E-state index in [0.717, 1.165) is 11.8 Å². The van der Waals surface area contributed by atoms with Gasteiger partial charge in [0.2, 0.25) is 5.13 Å². The highest BCUT2D eigenvalue weighted by Crippen LogP contribution is 2.32. The molecule has 0 bridgehead atoms. The molecule has 106 valence electrons. The summed E-state index contributed by atoms with van der Waals surface area (Å²) >= 11 is 2.41. The summed E-state index contributed by atoms with van der Waals surface area (Å²) in [5.74, 6) is -1.27. The van der Waals surface area contributed by atoms with Gasteiger partial charge in [0.05, 0.1) is 5.75 Å². The minimum absolute atomic E-state index is 0.0548. The van der Waals surface area contributed by atoms with E-state index in [9.17, 15) is 9.18 Å². The number of thioether (sulfide) groups is 1. The third kappa shape index (κ3) is 3.67. The smallest absolute Gasteiger partial charge is 0.313 e. The molecule has 0 aliphatic carbocycles. The highest BCUT2D eigenvalue weighted by atomic mass is 32.2. The van der Waals surface area contributed by atoms with Gasteiger partial charge in [-0.15, -0.1) is 10.2 Å². The number of anilines is 2. The van der Waals surface area contributed by atoms with Crippen molar-refractivity contribution in [3.05, 3.63) is 30.1 Å². The average molecular weight is 313 g/mol. The van der Waals surface area contributed by atoms with Crippen LogP contribution in [0.4, 0.5) is 15.2 Å². The Morgan fingerprint density at radius 1 is 1.50 bits per heavy atom. The molecule has 2 aromatic rings. The molecule has 1 aromatic heterocycles. The first kappa shape index (κ1) is 14.7. The Kier molecular flexibility index (Phi) is 4.91. The van der Waals surface area contributed by atoms with Gasteiger partial charge in [-0.05, 0) is 25.1 Å². The van der Waals surface area contributed by atoms with Crippen molar-refractivity contribution >= 4 is 39.9 Å². The summed E-state index contributed by atoms with van der Waals surface area (Å²) in [6.45, 7) is 2.54. The molecule has 0 aliphatic rings. The first-order valence-electron chi connectivity index (χ1n) is 5.81. The second-order valence-corrected chi connectivity index (χ2v) is 5.94. The van der Waals surface area contributed by atoms with Gasteiger partial charge in [0.15, 0.2) is 4.34 Å². The molecule has 0 fully saturated rings. The topological polar surface area (TPSA) is 66.3 Å². The number of hydrogen-bond acceptors (Lipinski definition) is 6. The van der Waals surface area contributed by atoms with Crippen molar-refractivity contribution in [2.75, 3.05) is 17.2 Å². The van der Waals surface area contributed by atoms with Gasteiger partial charge in [0.25, 0.3) is 0 Å². The zero-order valence-corrected chi connectivity index (χ0v) is 12.2. The number of nitrogens with zero attached hydrogens (tertiary/aromatic N) is 3. The van der Waals surface area contributed by atoms with Crippen LogP contribution < -0.4 is 4.90 Å². The summed E-state index contributed by atoms with van der Waals surface area (Å²) in [4.78, 5) is 12.3. The van der Waals surface area contributed by atoms with Crippen LogP contribution in [0.15, 0.2) is 28.6 Å². The molecule has 5 nitrogen and oxygen atoms in total. The Hall–Kier alpha value is -1.67. The standard InChI is InChI=1S/C12H12FN3O2S2/c1-2-16(9-5-3-4-8(13)6-9)11-14-15-12(20-11)19-7-10(17)18/h3-6H,2,7H2,1H3,(H,17,18). The molecule has 0 amide bonds. The SMILES string of the molecule is CCN(c1cccc(F)c1)c1nnc(SCC(=O)O)s1. The Balaban J connectivity index is 2.18. The monoisotopic (exact) mass is 313 g/mol. The van der Waals surface area contributed by atoms with Gasteiger partial charge in [-0.2, -0.15) is 0 Å². The van der Waals surface area contributed by atoms with E-state index in [1.54, 1.807) is 12.1 Å². The number of aliphatic carboxylic acids is 1. The van der Waals surface area contributed by atoms with Gasteiger partial charge in [-0.3, -0.25) is 4.79 Å². The first-order chi connectivity index (χ1) is 9.60. The maximum atomic E-state index is 13.3. The van der Waals surface area contributed by atoms with E-state index in [-0.39, 0.29) is 11.6 Å². The second kappa shape index (κ2) is 6.67. The van der Waals surface area contributed by atoms with Gasteiger partial charge in [-0.25, -0.2) is 4.39 Å². The quantitative estimate of drug-likeness (QED) is 0.827. The molecule has 0 saturated carbocycles. The molecule has 0 saturated heterocycles. The third-order valence-electron chi connectivity index (χ3n) is 2.38. The third-order valence-corrected chi connectivity index (χ3v) is 4.45. The van der Waals surface area contributed by atoms with Gasteiger partial charge in [0.1, 0.15) is 5.82 Å².